The fourth-order valence-electron chi connectivity index (χ4n) is 2.45. The van der Waals surface area contributed by atoms with Crippen LogP contribution in [-0.2, 0) is 0 Å². The molecule has 2 aromatic carbocycles. The highest BCUT2D eigenvalue weighted by molar-refractivity contribution is 8.04. The van der Waals surface area contributed by atoms with E-state index in [0.717, 1.165) is 4.90 Å². The number of hydrogen-bond acceptors (Lipinski definition) is 4. The molecule has 0 spiro atoms. The number of allylic oxidation sites excluding steroid dienone is 2. The second kappa shape index (κ2) is 5.81. The van der Waals surface area contributed by atoms with E-state index in [1.807, 2.05) is 30.3 Å². The van der Waals surface area contributed by atoms with Crippen LogP contribution in [0.15, 0.2) is 70.1 Å². The zero-order chi connectivity index (χ0) is 15.7. The van der Waals surface area contributed by atoms with Crippen LogP contribution in [0.4, 0.5) is 0 Å². The number of fused-ring (bicyclic) bond motifs is 1. The Morgan fingerprint density at radius 1 is 0.773 bits per heavy atom. The summed E-state index contributed by atoms with van der Waals surface area (Å²) in [5.74, 6) is -0.189. The smallest absolute Gasteiger partial charge is 0.211 e. The van der Waals surface area contributed by atoms with E-state index < -0.39 is 0 Å². The summed E-state index contributed by atoms with van der Waals surface area (Å²) in [6, 6.07) is 16.6. The molecule has 0 N–H and O–H groups in total. The van der Waals surface area contributed by atoms with Crippen molar-refractivity contribution in [3.05, 3.63) is 76.3 Å². The molecule has 0 fully saturated rings. The third-order valence-electron chi connectivity index (χ3n) is 3.46. The summed E-state index contributed by atoms with van der Waals surface area (Å²) in [6.07, 6.45) is 0. The van der Waals surface area contributed by atoms with E-state index in [4.69, 9.17) is 0 Å². The van der Waals surface area contributed by atoms with Gasteiger partial charge in [-0.3, -0.25) is 9.59 Å². The molecule has 0 radical (unpaired) electrons. The quantitative estimate of drug-likeness (QED) is 0.867. The minimum absolute atomic E-state index is 0.0900. The first kappa shape index (κ1) is 14.6. The highest BCUT2D eigenvalue weighted by Gasteiger charge is 2.33. The molecular formula is C18H15NO2S. The van der Waals surface area contributed by atoms with Crippen molar-refractivity contribution in [3.63, 3.8) is 0 Å². The van der Waals surface area contributed by atoms with Gasteiger partial charge in [0.2, 0.25) is 11.6 Å². The molecule has 3 nitrogen and oxygen atoms in total. The van der Waals surface area contributed by atoms with Crippen molar-refractivity contribution in [1.29, 1.82) is 0 Å². The predicted molar refractivity (Wildman–Crippen MR) is 88.1 cm³/mol. The van der Waals surface area contributed by atoms with Crippen molar-refractivity contribution in [3.8, 4) is 0 Å². The Bertz CT molecular complexity index is 779. The van der Waals surface area contributed by atoms with Gasteiger partial charge in [-0.15, -0.1) is 0 Å². The van der Waals surface area contributed by atoms with Crippen LogP contribution in [0.1, 0.15) is 20.7 Å². The largest absolute Gasteiger partial charge is 0.373 e. The molecule has 1 aliphatic carbocycles. The summed E-state index contributed by atoms with van der Waals surface area (Å²) in [4.78, 5) is 28.7. The van der Waals surface area contributed by atoms with Crippen LogP contribution in [0.25, 0.3) is 0 Å². The monoisotopic (exact) mass is 309 g/mol. The zero-order valence-electron chi connectivity index (χ0n) is 12.4. The summed E-state index contributed by atoms with van der Waals surface area (Å²) >= 11 is 1.34. The molecule has 0 aliphatic heterocycles. The SMILES string of the molecule is CN(C)C1=C(Sc2ccccc2)C(=O)c2ccccc2C1=O. The fraction of sp³-hybridized carbons (Fsp3) is 0.111. The first-order chi connectivity index (χ1) is 10.6. The van der Waals surface area contributed by atoms with E-state index in [2.05, 4.69) is 0 Å². The first-order valence-electron chi connectivity index (χ1n) is 6.92. The number of ketones is 2. The lowest BCUT2D eigenvalue weighted by Crippen LogP contribution is -2.29. The fourth-order valence-corrected chi connectivity index (χ4v) is 3.55. The number of likely N-dealkylation sites (N-methyl/N-ethyl adjacent to an activating group) is 1. The summed E-state index contributed by atoms with van der Waals surface area (Å²) in [7, 11) is 3.58. The number of carbonyl (C=O) groups excluding carboxylic acids is 2. The lowest BCUT2D eigenvalue weighted by molar-refractivity contribution is 0.0959. The molecule has 110 valence electrons. The van der Waals surface area contributed by atoms with Gasteiger partial charge in [0.05, 0.1) is 4.91 Å². The summed E-state index contributed by atoms with van der Waals surface area (Å²) in [6.45, 7) is 0. The normalized spacial score (nSPS) is 14.1. The Hall–Kier alpha value is -2.33. The molecule has 0 heterocycles. The third-order valence-corrected chi connectivity index (χ3v) is 4.55. The van der Waals surface area contributed by atoms with Gasteiger partial charge in [0, 0.05) is 30.1 Å². The van der Waals surface area contributed by atoms with Crippen LogP contribution in [0.2, 0.25) is 0 Å². The lowest BCUT2D eigenvalue weighted by atomic mass is 9.92. The standard InChI is InChI=1S/C18H15NO2S/c1-19(2)15-16(20)13-10-6-7-11-14(13)17(21)18(15)22-12-8-4-3-5-9-12/h3-11H,1-2H3. The van der Waals surface area contributed by atoms with Gasteiger partial charge in [0.15, 0.2) is 0 Å². The molecule has 0 saturated carbocycles. The number of hydrogen-bond donors (Lipinski definition) is 0. The molecule has 2 aromatic rings. The number of Topliss-reactive ketones (excluding diaryl/α,β-unsaturated/α-hetero) is 2. The van der Waals surface area contributed by atoms with Crippen molar-refractivity contribution in [2.75, 3.05) is 14.1 Å². The number of benzene rings is 2. The average Bonchev–Trinajstić information content (AvgIpc) is 2.53. The molecular weight excluding hydrogens is 294 g/mol. The second-order valence-electron chi connectivity index (χ2n) is 5.19. The molecule has 4 heteroatoms. The summed E-state index contributed by atoms with van der Waals surface area (Å²) in [5.41, 5.74) is 1.42. The van der Waals surface area contributed by atoms with E-state index in [9.17, 15) is 9.59 Å². The maximum atomic E-state index is 12.8. The van der Waals surface area contributed by atoms with E-state index in [1.165, 1.54) is 11.8 Å². The van der Waals surface area contributed by atoms with E-state index in [1.54, 1.807) is 43.3 Å². The van der Waals surface area contributed by atoms with Crippen molar-refractivity contribution in [2.24, 2.45) is 0 Å². The topological polar surface area (TPSA) is 37.4 Å². The molecule has 1 aliphatic rings. The van der Waals surface area contributed by atoms with Crippen molar-refractivity contribution in [2.45, 2.75) is 4.90 Å². The zero-order valence-corrected chi connectivity index (χ0v) is 13.2. The Morgan fingerprint density at radius 2 is 1.32 bits per heavy atom. The Labute approximate surface area is 133 Å². The summed E-state index contributed by atoms with van der Waals surface area (Å²) in [5, 5.41) is 0. The van der Waals surface area contributed by atoms with E-state index >= 15 is 0 Å². The second-order valence-corrected chi connectivity index (χ2v) is 6.27. The molecule has 0 unspecified atom stereocenters. The van der Waals surface area contributed by atoms with Crippen LogP contribution in [0, 0.1) is 0 Å². The van der Waals surface area contributed by atoms with Gasteiger partial charge in [0.1, 0.15) is 5.70 Å². The van der Waals surface area contributed by atoms with Gasteiger partial charge in [-0.05, 0) is 12.1 Å². The van der Waals surface area contributed by atoms with Crippen LogP contribution < -0.4 is 0 Å². The van der Waals surface area contributed by atoms with Gasteiger partial charge in [-0.2, -0.15) is 0 Å². The first-order valence-corrected chi connectivity index (χ1v) is 7.74. The van der Waals surface area contributed by atoms with Gasteiger partial charge in [-0.25, -0.2) is 0 Å². The number of thioether (sulfide) groups is 1. The highest BCUT2D eigenvalue weighted by Crippen LogP contribution is 2.37. The molecule has 3 rings (SSSR count). The van der Waals surface area contributed by atoms with Crippen molar-refractivity contribution in [1.82, 2.24) is 4.90 Å². The number of nitrogens with zero attached hydrogens (tertiary/aromatic N) is 1. The molecule has 0 atom stereocenters. The maximum Gasteiger partial charge on any atom is 0.211 e. The molecule has 0 aromatic heterocycles. The summed E-state index contributed by atoms with van der Waals surface area (Å²) < 4.78 is 0. The number of rotatable bonds is 3. The average molecular weight is 309 g/mol. The molecule has 0 amide bonds. The van der Waals surface area contributed by atoms with Crippen molar-refractivity contribution >= 4 is 23.3 Å². The molecule has 0 bridgehead atoms. The number of carbonyl (C=O) groups is 2. The van der Waals surface area contributed by atoms with E-state index in [-0.39, 0.29) is 11.6 Å². The third kappa shape index (κ3) is 2.46. The van der Waals surface area contributed by atoms with Crippen molar-refractivity contribution < 1.29 is 9.59 Å². The minimum atomic E-state index is -0.0985. The lowest BCUT2D eigenvalue weighted by Gasteiger charge is -2.25. The van der Waals surface area contributed by atoms with Gasteiger partial charge < -0.3 is 4.90 Å². The van der Waals surface area contributed by atoms with Crippen LogP contribution in [0.3, 0.4) is 0 Å². The van der Waals surface area contributed by atoms with Gasteiger partial charge in [-0.1, -0.05) is 54.2 Å². The van der Waals surface area contributed by atoms with Gasteiger partial charge >= 0.3 is 0 Å². The Morgan fingerprint density at radius 3 is 1.91 bits per heavy atom. The van der Waals surface area contributed by atoms with Crippen LogP contribution in [-0.4, -0.2) is 30.6 Å². The van der Waals surface area contributed by atoms with Crippen LogP contribution in [0.5, 0.6) is 0 Å². The van der Waals surface area contributed by atoms with Crippen LogP contribution >= 0.6 is 11.8 Å². The highest BCUT2D eigenvalue weighted by atomic mass is 32.2. The minimum Gasteiger partial charge on any atom is -0.373 e. The molecule has 0 saturated heterocycles. The maximum absolute atomic E-state index is 12.8. The Kier molecular flexibility index (Phi) is 3.86. The molecule has 22 heavy (non-hydrogen) atoms. The predicted octanol–water partition coefficient (Wildman–Crippen LogP) is 3.63. The van der Waals surface area contributed by atoms with E-state index in [0.29, 0.717) is 21.7 Å². The van der Waals surface area contributed by atoms with Gasteiger partial charge in [0.25, 0.3) is 0 Å². The Balaban J connectivity index is 2.13.